The van der Waals surface area contributed by atoms with Crippen LogP contribution in [0.4, 0.5) is 19.3 Å². The number of hydrogen-bond acceptors (Lipinski definition) is 7. The number of methoxy groups -OCH3 is 1. The fourth-order valence-corrected chi connectivity index (χ4v) is 8.90. The first-order chi connectivity index (χ1) is 23.6. The number of hydrogen-bond donors (Lipinski definition) is 3. The number of rotatable bonds is 12. The van der Waals surface area contributed by atoms with Crippen molar-refractivity contribution in [3.05, 3.63) is 95.6 Å². The van der Waals surface area contributed by atoms with Crippen molar-refractivity contribution in [3.63, 3.8) is 0 Å². The number of halogens is 2. The zero-order valence-electron chi connectivity index (χ0n) is 27.7. The Hall–Kier alpha value is -3.91. The van der Waals surface area contributed by atoms with Gasteiger partial charge in [-0.05, 0) is 86.9 Å². The number of carbonyl (C=O) groups is 2. The van der Waals surface area contributed by atoms with Gasteiger partial charge in [0.15, 0.2) is 0 Å². The molecule has 0 radical (unpaired) electrons. The van der Waals surface area contributed by atoms with E-state index >= 15 is 4.39 Å². The molecule has 49 heavy (non-hydrogen) atoms. The van der Waals surface area contributed by atoms with E-state index in [1.54, 1.807) is 52.8 Å². The Bertz CT molecular complexity index is 1670. The lowest BCUT2D eigenvalue weighted by Crippen LogP contribution is -2.58. The molecule has 5 rings (SSSR count). The van der Waals surface area contributed by atoms with Gasteiger partial charge in [0, 0.05) is 55.6 Å². The van der Waals surface area contributed by atoms with Gasteiger partial charge in [0.25, 0.3) is 0 Å². The molecule has 3 aromatic rings. The number of piperazine rings is 1. The molecule has 0 aromatic heterocycles. The first kappa shape index (κ1) is 36.4. The van der Waals surface area contributed by atoms with Crippen molar-refractivity contribution in [1.29, 1.82) is 0 Å². The van der Waals surface area contributed by atoms with Gasteiger partial charge in [-0.1, -0.05) is 36.4 Å². The molecule has 0 spiro atoms. The molecule has 10 nitrogen and oxygen atoms in total. The molecule has 0 saturated carbocycles. The van der Waals surface area contributed by atoms with Gasteiger partial charge in [0.2, 0.25) is 15.9 Å². The summed E-state index contributed by atoms with van der Waals surface area (Å²) >= 11 is 0. The van der Waals surface area contributed by atoms with Crippen LogP contribution in [0.25, 0.3) is 0 Å². The summed E-state index contributed by atoms with van der Waals surface area (Å²) in [6.07, 6.45) is 1.53. The second-order valence-corrected chi connectivity index (χ2v) is 14.4. The number of ether oxygens (including phenoxy) is 2. The molecule has 3 aromatic carbocycles. The van der Waals surface area contributed by atoms with Crippen LogP contribution < -0.4 is 16.0 Å². The van der Waals surface area contributed by atoms with Crippen LogP contribution in [0.2, 0.25) is 0 Å². The van der Waals surface area contributed by atoms with E-state index in [4.69, 9.17) is 9.47 Å². The molecule has 2 heterocycles. The van der Waals surface area contributed by atoms with Crippen molar-refractivity contribution in [3.8, 4) is 0 Å². The van der Waals surface area contributed by atoms with E-state index in [9.17, 15) is 22.4 Å². The fourth-order valence-electron chi connectivity index (χ4n) is 7.03. The minimum atomic E-state index is -3.76. The first-order valence-electron chi connectivity index (χ1n) is 16.7. The molecule has 0 bridgehead atoms. The SMILES string of the molecule is COC(=O)N[C@H](C(=O)Nc1cccc(F)c1CCC[C@H]1CNC[C@@H](C)N1S(=O)(=O)c1ccccc1)[C@@H](c1ccc(F)cc1)C1CCOCC1. The number of anilines is 1. The molecule has 0 aliphatic carbocycles. The molecule has 264 valence electrons. The lowest BCUT2D eigenvalue weighted by atomic mass is 9.76. The van der Waals surface area contributed by atoms with E-state index in [0.29, 0.717) is 57.6 Å². The summed E-state index contributed by atoms with van der Waals surface area (Å²) in [4.78, 5) is 26.9. The molecule has 2 amide bonds. The molecule has 2 saturated heterocycles. The lowest BCUT2D eigenvalue weighted by molar-refractivity contribution is -0.119. The normalized spacial score (nSPS) is 20.2. The van der Waals surface area contributed by atoms with Gasteiger partial charge in [0.05, 0.1) is 12.0 Å². The van der Waals surface area contributed by atoms with Gasteiger partial charge in [-0.3, -0.25) is 4.79 Å². The predicted molar refractivity (Wildman–Crippen MR) is 182 cm³/mol. The summed E-state index contributed by atoms with van der Waals surface area (Å²) in [6, 6.07) is 16.8. The van der Waals surface area contributed by atoms with Crippen LogP contribution in [0.5, 0.6) is 0 Å². The third-order valence-electron chi connectivity index (χ3n) is 9.40. The number of amides is 2. The smallest absolute Gasteiger partial charge is 0.407 e. The Balaban J connectivity index is 1.36. The highest BCUT2D eigenvalue weighted by Crippen LogP contribution is 2.36. The lowest BCUT2D eigenvalue weighted by Gasteiger charge is -2.40. The summed E-state index contributed by atoms with van der Waals surface area (Å²) in [5.74, 6) is -2.16. The van der Waals surface area contributed by atoms with Crippen molar-refractivity contribution in [2.24, 2.45) is 5.92 Å². The van der Waals surface area contributed by atoms with Crippen LogP contribution in [0.15, 0.2) is 77.7 Å². The van der Waals surface area contributed by atoms with E-state index in [2.05, 4.69) is 16.0 Å². The van der Waals surface area contributed by atoms with E-state index < -0.39 is 45.6 Å². The largest absolute Gasteiger partial charge is 0.453 e. The molecule has 2 aliphatic heterocycles. The zero-order chi connectivity index (χ0) is 35.0. The number of nitrogens with zero attached hydrogens (tertiary/aromatic N) is 1. The predicted octanol–water partition coefficient (Wildman–Crippen LogP) is 5.21. The molecule has 2 fully saturated rings. The van der Waals surface area contributed by atoms with Crippen molar-refractivity contribution >= 4 is 27.7 Å². The Kier molecular flexibility index (Phi) is 12.4. The maximum absolute atomic E-state index is 15.4. The van der Waals surface area contributed by atoms with Crippen LogP contribution in [-0.2, 0) is 30.7 Å². The number of benzene rings is 3. The van der Waals surface area contributed by atoms with Gasteiger partial charge >= 0.3 is 6.09 Å². The van der Waals surface area contributed by atoms with Crippen molar-refractivity contribution < 1.29 is 36.3 Å². The van der Waals surface area contributed by atoms with Crippen LogP contribution in [0.3, 0.4) is 0 Å². The highest BCUT2D eigenvalue weighted by Gasteiger charge is 2.39. The highest BCUT2D eigenvalue weighted by atomic mass is 32.2. The minimum absolute atomic E-state index is 0.0827. The Morgan fingerprint density at radius 3 is 2.41 bits per heavy atom. The quantitative estimate of drug-likeness (QED) is 0.237. The van der Waals surface area contributed by atoms with Crippen LogP contribution in [-0.4, -0.2) is 76.3 Å². The molecule has 13 heteroatoms. The summed E-state index contributed by atoms with van der Waals surface area (Å²) < 4.78 is 68.6. The van der Waals surface area contributed by atoms with Crippen LogP contribution >= 0.6 is 0 Å². The summed E-state index contributed by atoms with van der Waals surface area (Å²) in [6.45, 7) is 3.78. The molecule has 3 N–H and O–H groups in total. The first-order valence-corrected chi connectivity index (χ1v) is 18.1. The molecular formula is C36H44F2N4O6S. The van der Waals surface area contributed by atoms with Gasteiger partial charge in [-0.25, -0.2) is 22.0 Å². The van der Waals surface area contributed by atoms with Gasteiger partial charge < -0.3 is 25.4 Å². The number of carbonyl (C=O) groups excluding carboxylic acids is 2. The highest BCUT2D eigenvalue weighted by molar-refractivity contribution is 7.89. The fraction of sp³-hybridized carbons (Fsp3) is 0.444. The standard InChI is InChI=1S/C36H44F2N4O6S/c1-24-22-39-23-28(42(24)49(45,46)29-9-4-3-5-10-29)8-6-11-30-31(38)12-7-13-32(30)40-35(43)34(41-36(44)47-2)33(26-18-20-48-21-19-26)25-14-16-27(37)17-15-25/h3-5,7,9-10,12-17,24,26,28,33-34,39H,6,8,11,18-23H2,1-2H3,(H,40,43)(H,41,44)/t24-,28+,33+,34+/m1/s1. The number of nitrogens with one attached hydrogen (secondary N) is 3. The Labute approximate surface area is 286 Å². The van der Waals surface area contributed by atoms with Gasteiger partial charge in [-0.2, -0.15) is 4.31 Å². The third kappa shape index (κ3) is 8.82. The van der Waals surface area contributed by atoms with Crippen LogP contribution in [0.1, 0.15) is 49.7 Å². The maximum Gasteiger partial charge on any atom is 0.407 e. The van der Waals surface area contributed by atoms with E-state index in [0.717, 1.165) is 0 Å². The Morgan fingerprint density at radius 2 is 1.71 bits per heavy atom. The topological polar surface area (TPSA) is 126 Å². The second-order valence-electron chi connectivity index (χ2n) is 12.6. The maximum atomic E-state index is 15.4. The second kappa shape index (κ2) is 16.7. The minimum Gasteiger partial charge on any atom is -0.453 e. The van der Waals surface area contributed by atoms with E-state index in [-0.39, 0.29) is 40.6 Å². The molecule has 0 unspecified atom stereocenters. The third-order valence-corrected chi connectivity index (χ3v) is 11.5. The molecule has 2 aliphatic rings. The average Bonchev–Trinajstić information content (AvgIpc) is 3.10. The van der Waals surface area contributed by atoms with Crippen molar-refractivity contribution in [2.45, 2.75) is 68.0 Å². The summed E-state index contributed by atoms with van der Waals surface area (Å²) in [5.41, 5.74) is 1.18. The van der Waals surface area contributed by atoms with Crippen molar-refractivity contribution in [2.75, 3.05) is 38.7 Å². The zero-order valence-corrected chi connectivity index (χ0v) is 28.6. The Morgan fingerprint density at radius 1 is 1.00 bits per heavy atom. The monoisotopic (exact) mass is 698 g/mol. The van der Waals surface area contributed by atoms with Gasteiger partial charge in [-0.15, -0.1) is 0 Å². The average molecular weight is 699 g/mol. The van der Waals surface area contributed by atoms with E-state index in [1.165, 1.54) is 31.4 Å². The molecular weight excluding hydrogens is 654 g/mol. The number of sulfonamides is 1. The number of alkyl carbamates (subject to hydrolysis) is 1. The molecule has 4 atom stereocenters. The van der Waals surface area contributed by atoms with E-state index in [1.807, 2.05) is 6.92 Å². The summed E-state index contributed by atoms with van der Waals surface area (Å²) in [5, 5.41) is 8.85. The van der Waals surface area contributed by atoms with Crippen molar-refractivity contribution in [1.82, 2.24) is 14.9 Å². The van der Waals surface area contributed by atoms with Crippen LogP contribution in [0, 0.1) is 17.6 Å². The summed E-state index contributed by atoms with van der Waals surface area (Å²) in [7, 11) is -2.56. The van der Waals surface area contributed by atoms with Gasteiger partial charge in [0.1, 0.15) is 17.7 Å².